The van der Waals surface area contributed by atoms with E-state index in [1.54, 1.807) is 32.2 Å². The maximum Gasteiger partial charge on any atom is 0.256 e. The van der Waals surface area contributed by atoms with Crippen LogP contribution in [0.15, 0.2) is 28.9 Å². The number of benzene rings is 1. The Hall–Kier alpha value is -2.50. The monoisotopic (exact) mass is 261 g/mol. The smallest absolute Gasteiger partial charge is 0.256 e. The summed E-state index contributed by atoms with van der Waals surface area (Å²) >= 11 is 0. The average molecular weight is 261 g/mol. The average Bonchev–Trinajstić information content (AvgIpc) is 2.82. The molecular formula is C13H15N3O3. The first kappa shape index (κ1) is 12.9. The number of aryl methyl sites for hydroxylation is 1. The SMILES string of the molecule is COc1ccc(N)cc1CNC(=O)c1cnoc1C. The van der Waals surface area contributed by atoms with Gasteiger partial charge in [0.2, 0.25) is 0 Å². The van der Waals surface area contributed by atoms with E-state index in [1.807, 2.05) is 0 Å². The summed E-state index contributed by atoms with van der Waals surface area (Å²) in [5, 5.41) is 6.33. The Labute approximate surface area is 110 Å². The van der Waals surface area contributed by atoms with Crippen LogP contribution in [0.25, 0.3) is 0 Å². The zero-order valence-corrected chi connectivity index (χ0v) is 10.8. The third-order valence-corrected chi connectivity index (χ3v) is 2.74. The van der Waals surface area contributed by atoms with Gasteiger partial charge in [-0.1, -0.05) is 5.16 Å². The molecule has 100 valence electrons. The number of nitrogens with one attached hydrogen (secondary N) is 1. The number of anilines is 1. The minimum atomic E-state index is -0.247. The van der Waals surface area contributed by atoms with Crippen LogP contribution in [0.1, 0.15) is 21.7 Å². The van der Waals surface area contributed by atoms with Crippen LogP contribution >= 0.6 is 0 Å². The largest absolute Gasteiger partial charge is 0.496 e. The summed E-state index contributed by atoms with van der Waals surface area (Å²) in [5.41, 5.74) is 7.56. The van der Waals surface area contributed by atoms with E-state index in [9.17, 15) is 4.79 Å². The highest BCUT2D eigenvalue weighted by atomic mass is 16.5. The number of nitrogen functional groups attached to an aromatic ring is 1. The summed E-state index contributed by atoms with van der Waals surface area (Å²) in [4.78, 5) is 11.9. The zero-order chi connectivity index (χ0) is 13.8. The van der Waals surface area contributed by atoms with E-state index in [0.717, 1.165) is 5.56 Å². The van der Waals surface area contributed by atoms with Crippen LogP contribution < -0.4 is 15.8 Å². The molecule has 0 bridgehead atoms. The molecular weight excluding hydrogens is 246 g/mol. The Morgan fingerprint density at radius 2 is 2.32 bits per heavy atom. The number of hydrogen-bond acceptors (Lipinski definition) is 5. The van der Waals surface area contributed by atoms with Crippen molar-refractivity contribution in [3.05, 3.63) is 41.3 Å². The van der Waals surface area contributed by atoms with Crippen molar-refractivity contribution in [3.8, 4) is 5.75 Å². The van der Waals surface area contributed by atoms with E-state index in [1.165, 1.54) is 6.20 Å². The van der Waals surface area contributed by atoms with E-state index in [-0.39, 0.29) is 5.91 Å². The lowest BCUT2D eigenvalue weighted by atomic mass is 10.1. The highest BCUT2D eigenvalue weighted by molar-refractivity contribution is 5.94. The first-order valence-corrected chi connectivity index (χ1v) is 5.73. The van der Waals surface area contributed by atoms with Crippen molar-refractivity contribution in [2.24, 2.45) is 0 Å². The van der Waals surface area contributed by atoms with Crippen LogP contribution in [0.5, 0.6) is 5.75 Å². The summed E-state index contributed by atoms with van der Waals surface area (Å²) in [6.45, 7) is 2.00. The van der Waals surface area contributed by atoms with Crippen molar-refractivity contribution in [2.45, 2.75) is 13.5 Å². The second-order valence-electron chi connectivity index (χ2n) is 4.05. The highest BCUT2D eigenvalue weighted by Crippen LogP contribution is 2.21. The number of methoxy groups -OCH3 is 1. The fourth-order valence-corrected chi connectivity index (χ4v) is 1.72. The van der Waals surface area contributed by atoms with Crippen LogP contribution in [0.4, 0.5) is 5.69 Å². The Morgan fingerprint density at radius 1 is 1.53 bits per heavy atom. The van der Waals surface area contributed by atoms with E-state index >= 15 is 0 Å². The van der Waals surface area contributed by atoms with Crippen molar-refractivity contribution in [2.75, 3.05) is 12.8 Å². The molecule has 19 heavy (non-hydrogen) atoms. The van der Waals surface area contributed by atoms with Gasteiger partial charge >= 0.3 is 0 Å². The predicted molar refractivity (Wildman–Crippen MR) is 69.8 cm³/mol. The van der Waals surface area contributed by atoms with Crippen molar-refractivity contribution < 1.29 is 14.1 Å². The number of carbonyl (C=O) groups is 1. The molecule has 0 aliphatic rings. The Bertz CT molecular complexity index is 593. The zero-order valence-electron chi connectivity index (χ0n) is 10.8. The maximum atomic E-state index is 11.9. The van der Waals surface area contributed by atoms with Gasteiger partial charge in [-0.25, -0.2) is 0 Å². The Balaban J connectivity index is 2.09. The number of carbonyl (C=O) groups excluding carboxylic acids is 1. The number of aromatic nitrogens is 1. The van der Waals surface area contributed by atoms with Crippen LogP contribution in [-0.4, -0.2) is 18.2 Å². The Morgan fingerprint density at radius 3 is 2.95 bits per heavy atom. The summed E-state index contributed by atoms with van der Waals surface area (Å²) in [6, 6.07) is 5.27. The van der Waals surface area contributed by atoms with Crippen molar-refractivity contribution in [1.82, 2.24) is 10.5 Å². The lowest BCUT2D eigenvalue weighted by Gasteiger charge is -2.10. The quantitative estimate of drug-likeness (QED) is 0.814. The molecule has 0 saturated carbocycles. The molecule has 0 radical (unpaired) electrons. The van der Waals surface area contributed by atoms with Gasteiger partial charge in [0, 0.05) is 17.8 Å². The number of rotatable bonds is 4. The van der Waals surface area contributed by atoms with Crippen molar-refractivity contribution in [1.29, 1.82) is 0 Å². The number of ether oxygens (including phenoxy) is 1. The molecule has 6 nitrogen and oxygen atoms in total. The van der Waals surface area contributed by atoms with Crippen molar-refractivity contribution >= 4 is 11.6 Å². The van der Waals surface area contributed by atoms with Gasteiger partial charge in [0.05, 0.1) is 13.3 Å². The number of nitrogens with zero attached hydrogens (tertiary/aromatic N) is 1. The molecule has 2 rings (SSSR count). The van der Waals surface area contributed by atoms with Gasteiger partial charge in [-0.05, 0) is 25.1 Å². The van der Waals surface area contributed by atoms with Crippen LogP contribution in [0, 0.1) is 6.92 Å². The summed E-state index contributed by atoms with van der Waals surface area (Å²) in [7, 11) is 1.57. The van der Waals surface area contributed by atoms with Crippen LogP contribution in [0.3, 0.4) is 0 Å². The van der Waals surface area contributed by atoms with E-state index in [0.29, 0.717) is 29.3 Å². The molecule has 1 heterocycles. The highest BCUT2D eigenvalue weighted by Gasteiger charge is 2.13. The molecule has 1 aromatic heterocycles. The van der Waals surface area contributed by atoms with E-state index < -0.39 is 0 Å². The molecule has 0 aliphatic carbocycles. The summed E-state index contributed by atoms with van der Waals surface area (Å²) in [6.07, 6.45) is 1.39. The fourth-order valence-electron chi connectivity index (χ4n) is 1.72. The van der Waals surface area contributed by atoms with Crippen molar-refractivity contribution in [3.63, 3.8) is 0 Å². The summed E-state index contributed by atoms with van der Waals surface area (Å²) < 4.78 is 10.1. The second kappa shape index (κ2) is 5.43. The predicted octanol–water partition coefficient (Wildman–Crippen LogP) is 1.50. The normalized spacial score (nSPS) is 10.2. The first-order valence-electron chi connectivity index (χ1n) is 5.73. The standard InChI is InChI=1S/C13H15N3O3/c1-8-11(7-16-19-8)13(17)15-6-9-5-10(14)3-4-12(9)18-2/h3-5,7H,6,14H2,1-2H3,(H,15,17). The molecule has 0 unspecified atom stereocenters. The molecule has 0 atom stereocenters. The number of nitrogens with two attached hydrogens (primary N) is 1. The molecule has 2 aromatic rings. The fraction of sp³-hybridized carbons (Fsp3) is 0.231. The summed E-state index contributed by atoms with van der Waals surface area (Å²) in [5.74, 6) is 0.914. The molecule has 6 heteroatoms. The van der Waals surface area contributed by atoms with E-state index in [4.69, 9.17) is 15.0 Å². The van der Waals surface area contributed by atoms with Gasteiger partial charge in [-0.3, -0.25) is 4.79 Å². The second-order valence-corrected chi connectivity index (χ2v) is 4.05. The molecule has 0 saturated heterocycles. The third-order valence-electron chi connectivity index (χ3n) is 2.74. The number of amides is 1. The third kappa shape index (κ3) is 2.85. The topological polar surface area (TPSA) is 90.4 Å². The first-order chi connectivity index (χ1) is 9.11. The van der Waals surface area contributed by atoms with Gasteiger partial charge in [-0.15, -0.1) is 0 Å². The number of hydrogen-bond donors (Lipinski definition) is 2. The van der Waals surface area contributed by atoms with Crippen LogP contribution in [-0.2, 0) is 6.54 Å². The molecule has 0 aliphatic heterocycles. The lowest BCUT2D eigenvalue weighted by Crippen LogP contribution is -2.23. The maximum absolute atomic E-state index is 11.9. The molecule has 1 aromatic carbocycles. The van der Waals surface area contributed by atoms with Gasteiger partial charge in [-0.2, -0.15) is 0 Å². The molecule has 1 amide bonds. The van der Waals surface area contributed by atoms with Crippen LogP contribution in [0.2, 0.25) is 0 Å². The molecule has 0 fully saturated rings. The minimum absolute atomic E-state index is 0.247. The van der Waals surface area contributed by atoms with Gasteiger partial charge in [0.25, 0.3) is 5.91 Å². The van der Waals surface area contributed by atoms with Gasteiger partial charge in [0.1, 0.15) is 17.1 Å². The van der Waals surface area contributed by atoms with Gasteiger partial charge in [0.15, 0.2) is 0 Å². The molecule has 0 spiro atoms. The van der Waals surface area contributed by atoms with Gasteiger partial charge < -0.3 is 20.3 Å². The molecule has 3 N–H and O–H groups in total. The minimum Gasteiger partial charge on any atom is -0.496 e. The Kier molecular flexibility index (Phi) is 3.70. The lowest BCUT2D eigenvalue weighted by molar-refractivity contribution is 0.0949. The van der Waals surface area contributed by atoms with E-state index in [2.05, 4.69) is 10.5 Å².